The number of allylic oxidation sites excluding steroid dienone is 1. The highest BCUT2D eigenvalue weighted by Gasteiger charge is 2.21. The summed E-state index contributed by atoms with van der Waals surface area (Å²) in [6.07, 6.45) is 3.39. The molecule has 16 heteroatoms. The van der Waals surface area contributed by atoms with Gasteiger partial charge in [-0.15, -0.1) is 0 Å². The normalized spacial score (nSPS) is 12.4. The van der Waals surface area contributed by atoms with Gasteiger partial charge in [-0.3, -0.25) is 35.8 Å². The van der Waals surface area contributed by atoms with Crippen molar-refractivity contribution in [2.75, 3.05) is 17.5 Å². The minimum absolute atomic E-state index is 0.0691. The van der Waals surface area contributed by atoms with E-state index in [2.05, 4.69) is 20.8 Å². The van der Waals surface area contributed by atoms with Gasteiger partial charge in [-0.25, -0.2) is 4.98 Å². The molecule has 0 amide bonds. The number of thiazole rings is 1. The Morgan fingerprint density at radius 3 is 2.37 bits per heavy atom. The molecular formula is C27H21N7O8S. The van der Waals surface area contributed by atoms with E-state index in [9.17, 15) is 30.3 Å². The van der Waals surface area contributed by atoms with Gasteiger partial charge >= 0.3 is 5.69 Å². The molecule has 3 aromatic carbocycles. The molecule has 0 spiro atoms. The summed E-state index contributed by atoms with van der Waals surface area (Å²) in [5.41, 5.74) is 4.05. The van der Waals surface area contributed by atoms with Gasteiger partial charge in [-0.05, 0) is 55.3 Å². The lowest BCUT2D eigenvalue weighted by Gasteiger charge is -2.05. The minimum atomic E-state index is -0.749. The van der Waals surface area contributed by atoms with Crippen LogP contribution in [0.15, 0.2) is 65.8 Å². The lowest BCUT2D eigenvalue weighted by molar-refractivity contribution is -0.393. The van der Waals surface area contributed by atoms with Crippen molar-refractivity contribution in [3.05, 3.63) is 113 Å². The molecule has 2 heterocycles. The summed E-state index contributed by atoms with van der Waals surface area (Å²) in [4.78, 5) is 37.5. The molecule has 2 N–H and O–H groups in total. The van der Waals surface area contributed by atoms with Crippen molar-refractivity contribution in [1.29, 1.82) is 0 Å². The molecule has 0 atom stereocenters. The molecule has 15 nitrogen and oxygen atoms in total. The highest BCUT2D eigenvalue weighted by molar-refractivity contribution is 7.18. The smallest absolute Gasteiger partial charge is 0.301 e. The number of nitrogens with zero attached hydrogens (tertiary/aromatic N) is 5. The van der Waals surface area contributed by atoms with Gasteiger partial charge in [0.25, 0.3) is 11.4 Å². The zero-order valence-corrected chi connectivity index (χ0v) is 23.3. The van der Waals surface area contributed by atoms with Crippen molar-refractivity contribution in [1.82, 2.24) is 4.98 Å². The highest BCUT2D eigenvalue weighted by atomic mass is 32.1. The Morgan fingerprint density at radius 2 is 1.63 bits per heavy atom. The summed E-state index contributed by atoms with van der Waals surface area (Å²) in [7, 11) is 0. The summed E-state index contributed by atoms with van der Waals surface area (Å²) >= 11 is 1.16. The summed E-state index contributed by atoms with van der Waals surface area (Å²) < 4.78 is 10.8. The van der Waals surface area contributed by atoms with E-state index >= 15 is 0 Å². The number of nitro groups is 3. The number of benzene rings is 3. The molecule has 0 saturated heterocycles. The van der Waals surface area contributed by atoms with Gasteiger partial charge in [-0.1, -0.05) is 29.5 Å². The molecule has 0 saturated carbocycles. The molecule has 0 aliphatic carbocycles. The largest absolute Gasteiger partial charge is 0.454 e. The van der Waals surface area contributed by atoms with Crippen LogP contribution in [0.25, 0.3) is 6.08 Å². The number of fused-ring (bicyclic) bond motifs is 1. The van der Waals surface area contributed by atoms with Crippen LogP contribution in [0.3, 0.4) is 0 Å². The van der Waals surface area contributed by atoms with Gasteiger partial charge in [0.2, 0.25) is 6.79 Å². The zero-order chi connectivity index (χ0) is 30.7. The number of nitro benzene ring substituents is 3. The van der Waals surface area contributed by atoms with Crippen LogP contribution in [0.5, 0.6) is 11.5 Å². The third kappa shape index (κ3) is 6.38. The monoisotopic (exact) mass is 603 g/mol. The predicted octanol–water partition coefficient (Wildman–Crippen LogP) is 6.49. The van der Waals surface area contributed by atoms with Crippen LogP contribution in [0.1, 0.15) is 21.7 Å². The predicted molar refractivity (Wildman–Crippen MR) is 159 cm³/mol. The number of non-ortho nitro benzene ring substituents is 1. The Bertz CT molecular complexity index is 1840. The van der Waals surface area contributed by atoms with E-state index < -0.39 is 26.1 Å². The number of rotatable bonds is 10. The maximum absolute atomic E-state index is 11.6. The van der Waals surface area contributed by atoms with Crippen LogP contribution in [0.4, 0.5) is 33.6 Å². The van der Waals surface area contributed by atoms with Gasteiger partial charge in [0.15, 0.2) is 16.6 Å². The minimum Gasteiger partial charge on any atom is -0.454 e. The molecule has 0 bridgehead atoms. The van der Waals surface area contributed by atoms with Gasteiger partial charge in [-0.2, -0.15) is 5.10 Å². The van der Waals surface area contributed by atoms with Crippen LogP contribution in [-0.2, 0) is 0 Å². The zero-order valence-electron chi connectivity index (χ0n) is 22.5. The molecule has 1 aromatic heterocycles. The summed E-state index contributed by atoms with van der Waals surface area (Å²) in [5, 5.41) is 42.1. The second-order valence-corrected chi connectivity index (χ2v) is 10.1. The second kappa shape index (κ2) is 11.9. The standard InChI is InChI=1S/C27H21N7O8S/c1-15-3-7-19(22(11-15)33(37)38)29-27-28-16(2)26(43-27)21(8-4-17-5-10-24-25(12-17)42-14-41-24)31-30-20-9-6-18(32(35)36)13-23(20)34(39)40/h3-13,30H,14H2,1-2H3,(H,28,29)/b8-4-,31-21-. The number of aromatic nitrogens is 1. The molecule has 0 radical (unpaired) electrons. The molecule has 218 valence electrons. The molecule has 4 aromatic rings. The fourth-order valence-corrected chi connectivity index (χ4v) is 5.01. The Balaban J connectivity index is 1.52. The van der Waals surface area contributed by atoms with E-state index in [1.54, 1.807) is 56.3 Å². The Morgan fingerprint density at radius 1 is 0.907 bits per heavy atom. The van der Waals surface area contributed by atoms with E-state index in [0.29, 0.717) is 32.9 Å². The molecule has 0 fully saturated rings. The first kappa shape index (κ1) is 28.6. The number of nitrogens with one attached hydrogen (secondary N) is 2. The van der Waals surface area contributed by atoms with E-state index in [1.165, 1.54) is 12.1 Å². The first-order valence-corrected chi connectivity index (χ1v) is 13.2. The second-order valence-electron chi connectivity index (χ2n) is 9.11. The Kier molecular flexibility index (Phi) is 7.93. The number of hydrogen-bond donors (Lipinski definition) is 2. The van der Waals surface area contributed by atoms with Gasteiger partial charge in [0.1, 0.15) is 17.1 Å². The van der Waals surface area contributed by atoms with E-state index in [1.807, 2.05) is 0 Å². The van der Waals surface area contributed by atoms with Crippen molar-refractivity contribution < 1.29 is 24.2 Å². The quantitative estimate of drug-likeness (QED) is 0.114. The van der Waals surface area contributed by atoms with E-state index in [4.69, 9.17) is 9.47 Å². The summed E-state index contributed by atoms with van der Waals surface area (Å²) in [6.45, 7) is 3.58. The molecule has 5 rings (SSSR count). The molecular weight excluding hydrogens is 582 g/mol. The average Bonchev–Trinajstić information content (AvgIpc) is 3.59. The third-order valence-corrected chi connectivity index (χ3v) is 7.23. The number of anilines is 3. The lowest BCUT2D eigenvalue weighted by Crippen LogP contribution is -2.03. The number of ether oxygens (including phenoxy) is 2. The van der Waals surface area contributed by atoms with Crippen LogP contribution in [0, 0.1) is 44.2 Å². The van der Waals surface area contributed by atoms with Crippen LogP contribution >= 0.6 is 11.3 Å². The van der Waals surface area contributed by atoms with Crippen LogP contribution < -0.4 is 20.2 Å². The maximum atomic E-state index is 11.6. The average molecular weight is 604 g/mol. The fourth-order valence-electron chi connectivity index (χ4n) is 4.06. The summed E-state index contributed by atoms with van der Waals surface area (Å²) in [6, 6.07) is 13.3. The van der Waals surface area contributed by atoms with Gasteiger partial charge < -0.3 is 14.8 Å². The molecule has 0 unspecified atom stereocenters. The third-order valence-electron chi connectivity index (χ3n) is 6.14. The SMILES string of the molecule is Cc1ccc(Nc2nc(C)c(C(/C=C\c3ccc4c(c3)OCO4)=N\Nc3ccc([N+](=O)[O-])cc3[N+](=O)[O-])s2)c([N+](=O)[O-])c1. The molecule has 1 aliphatic heterocycles. The van der Waals surface area contributed by atoms with Crippen LogP contribution in [-0.4, -0.2) is 32.3 Å². The first-order chi connectivity index (χ1) is 20.6. The molecule has 43 heavy (non-hydrogen) atoms. The fraction of sp³-hybridized carbons (Fsp3) is 0.111. The van der Waals surface area contributed by atoms with Gasteiger partial charge in [0, 0.05) is 12.1 Å². The highest BCUT2D eigenvalue weighted by Crippen LogP contribution is 2.35. The number of hydrazone groups is 1. The Hall–Kier alpha value is -5.90. The number of aryl methyl sites for hydroxylation is 2. The van der Waals surface area contributed by atoms with Crippen LogP contribution in [0.2, 0.25) is 0 Å². The first-order valence-electron chi connectivity index (χ1n) is 12.4. The van der Waals surface area contributed by atoms with E-state index in [0.717, 1.165) is 34.6 Å². The topological polar surface area (TPSA) is 197 Å². The van der Waals surface area contributed by atoms with Crippen molar-refractivity contribution in [3.63, 3.8) is 0 Å². The van der Waals surface area contributed by atoms with Crippen molar-refractivity contribution in [3.8, 4) is 11.5 Å². The Labute approximate surface area is 246 Å². The van der Waals surface area contributed by atoms with E-state index in [-0.39, 0.29) is 23.9 Å². The van der Waals surface area contributed by atoms with Crippen molar-refractivity contribution in [2.45, 2.75) is 13.8 Å². The van der Waals surface area contributed by atoms with Gasteiger partial charge in [0.05, 0.1) is 31.4 Å². The number of hydrogen-bond acceptors (Lipinski definition) is 13. The summed E-state index contributed by atoms with van der Waals surface area (Å²) in [5.74, 6) is 1.18. The maximum Gasteiger partial charge on any atom is 0.301 e. The van der Waals surface area contributed by atoms with Crippen molar-refractivity contribution in [2.24, 2.45) is 5.10 Å². The van der Waals surface area contributed by atoms with Crippen molar-refractivity contribution >= 4 is 56.7 Å². The lowest BCUT2D eigenvalue weighted by atomic mass is 10.1. The molecule has 1 aliphatic rings.